The molecule has 8 nitrogen and oxygen atoms in total. The highest BCUT2D eigenvalue weighted by atomic mass is 32.2. The van der Waals surface area contributed by atoms with Gasteiger partial charge in [-0.25, -0.2) is 9.78 Å². The number of ketones is 1. The number of aromatic nitrogens is 1. The minimum Gasteiger partial charge on any atom is -0.508 e. The highest BCUT2D eigenvalue weighted by Crippen LogP contribution is 2.35. The Labute approximate surface area is 191 Å². The zero-order chi connectivity index (χ0) is 23.5. The van der Waals surface area contributed by atoms with Gasteiger partial charge in [0.15, 0.2) is 10.8 Å². The first-order valence-electron chi connectivity index (χ1n) is 9.60. The molecule has 0 aliphatic rings. The van der Waals surface area contributed by atoms with E-state index in [-0.39, 0.29) is 44.6 Å². The summed E-state index contributed by atoms with van der Waals surface area (Å²) in [5.41, 5.74) is 6.35. The molecule has 0 aliphatic heterocycles. The number of carbonyl (C=O) groups is 1. The second-order valence-corrected chi connectivity index (χ2v) is 7.95. The molecule has 4 N–H and O–H groups in total. The number of benzene rings is 2. The van der Waals surface area contributed by atoms with Gasteiger partial charge < -0.3 is 9.52 Å². The van der Waals surface area contributed by atoms with Gasteiger partial charge in [0, 0.05) is 10.9 Å². The van der Waals surface area contributed by atoms with Crippen LogP contribution in [0.1, 0.15) is 21.5 Å². The predicted octanol–water partition coefficient (Wildman–Crippen LogP) is 3.28. The van der Waals surface area contributed by atoms with E-state index < -0.39 is 11.4 Å². The molecule has 0 saturated carbocycles. The maximum Gasteiger partial charge on any atom is 0.347 e. The van der Waals surface area contributed by atoms with Crippen LogP contribution in [0.25, 0.3) is 22.1 Å². The molecule has 0 saturated heterocycles. The van der Waals surface area contributed by atoms with Crippen LogP contribution in [0.2, 0.25) is 0 Å². The van der Waals surface area contributed by atoms with Crippen molar-refractivity contribution in [1.29, 1.82) is 10.5 Å². The average molecular weight is 455 g/mol. The number of aromatic hydroxyl groups is 1. The van der Waals surface area contributed by atoms with Gasteiger partial charge in [0.05, 0.1) is 5.75 Å². The van der Waals surface area contributed by atoms with Gasteiger partial charge in [0.1, 0.15) is 40.2 Å². The summed E-state index contributed by atoms with van der Waals surface area (Å²) < 4.78 is 5.22. The van der Waals surface area contributed by atoms with E-state index in [1.54, 1.807) is 36.4 Å². The van der Waals surface area contributed by atoms with Crippen LogP contribution in [0.4, 0.5) is 5.82 Å². The first-order chi connectivity index (χ1) is 15.9. The molecule has 0 spiro atoms. The molecule has 4 aromatic rings. The number of H-pyrrole nitrogens is 1. The number of nitrogens with one attached hydrogen (secondary N) is 1. The van der Waals surface area contributed by atoms with Gasteiger partial charge in [-0.05, 0) is 29.8 Å². The quantitative estimate of drug-likeness (QED) is 0.264. The predicted molar refractivity (Wildman–Crippen MR) is 121 cm³/mol. The van der Waals surface area contributed by atoms with Crippen LogP contribution < -0.4 is 16.3 Å². The Kier molecular flexibility index (Phi) is 5.81. The van der Waals surface area contributed by atoms with Crippen LogP contribution >= 0.6 is 11.8 Å². The number of nitrogens with two attached hydrogens (primary N) is 1. The van der Waals surface area contributed by atoms with Gasteiger partial charge in [-0.2, -0.15) is 10.5 Å². The Morgan fingerprint density at radius 2 is 1.85 bits per heavy atom. The summed E-state index contributed by atoms with van der Waals surface area (Å²) >= 11 is 0.975. The molecule has 0 aliphatic carbocycles. The third kappa shape index (κ3) is 4.13. The normalized spacial score (nSPS) is 10.5. The number of thioether (sulfide) groups is 1. The molecule has 0 atom stereocenters. The number of fused-ring (bicyclic) bond motifs is 1. The molecule has 0 bridgehead atoms. The fourth-order valence-electron chi connectivity index (χ4n) is 3.37. The average Bonchev–Trinajstić information content (AvgIpc) is 2.81. The minimum atomic E-state index is -0.747. The Morgan fingerprint density at radius 1 is 1.09 bits per heavy atom. The van der Waals surface area contributed by atoms with Gasteiger partial charge in [-0.3, -0.25) is 10.5 Å². The summed E-state index contributed by atoms with van der Waals surface area (Å²) in [6.07, 6.45) is 0. The minimum absolute atomic E-state index is 0.00927. The van der Waals surface area contributed by atoms with Crippen molar-refractivity contribution in [2.45, 2.75) is 5.03 Å². The van der Waals surface area contributed by atoms with E-state index in [2.05, 4.69) is 11.1 Å². The highest BCUT2D eigenvalue weighted by Gasteiger charge is 2.25. The molecule has 2 aromatic carbocycles. The first-order valence-corrected chi connectivity index (χ1v) is 10.6. The SMILES string of the molecule is N#Cc1c(N)[nH+]c(SCC(=O)c2cc3ccccc3oc2=O)c(C#N)c1-c1cccc(O)c1. The fourth-order valence-corrected chi connectivity index (χ4v) is 4.28. The van der Waals surface area contributed by atoms with Crippen LogP contribution in [0.15, 0.2) is 68.8 Å². The maximum atomic E-state index is 12.8. The van der Waals surface area contributed by atoms with Crippen molar-refractivity contribution in [3.8, 4) is 29.0 Å². The number of aromatic amines is 1. The second-order valence-electron chi connectivity index (χ2n) is 6.96. The number of nitrogens with zero attached hydrogens (tertiary/aromatic N) is 2. The van der Waals surface area contributed by atoms with Crippen LogP contribution in [-0.2, 0) is 0 Å². The number of nitriles is 2. The Bertz CT molecular complexity index is 1560. The zero-order valence-electron chi connectivity index (χ0n) is 17.0. The molecule has 2 aromatic heterocycles. The summed E-state index contributed by atoms with van der Waals surface area (Å²) in [4.78, 5) is 27.9. The number of pyridine rings is 1. The molecule has 0 amide bonds. The third-order valence-electron chi connectivity index (χ3n) is 4.89. The van der Waals surface area contributed by atoms with Crippen molar-refractivity contribution in [3.05, 3.63) is 81.7 Å². The smallest absolute Gasteiger partial charge is 0.347 e. The van der Waals surface area contributed by atoms with E-state index in [0.29, 0.717) is 16.5 Å². The number of hydrogen-bond donors (Lipinski definition) is 2. The number of nitrogen functional groups attached to an aromatic ring is 1. The van der Waals surface area contributed by atoms with Crippen molar-refractivity contribution >= 4 is 34.3 Å². The fraction of sp³-hybridized carbons (Fsp3) is 0.0417. The zero-order valence-corrected chi connectivity index (χ0v) is 17.8. The van der Waals surface area contributed by atoms with E-state index >= 15 is 0 Å². The van der Waals surface area contributed by atoms with Crippen molar-refractivity contribution in [2.75, 3.05) is 11.5 Å². The van der Waals surface area contributed by atoms with Gasteiger partial charge in [0.25, 0.3) is 5.82 Å². The van der Waals surface area contributed by atoms with Gasteiger partial charge >= 0.3 is 5.63 Å². The summed E-state index contributed by atoms with van der Waals surface area (Å²) in [5, 5.41) is 30.2. The number of Topliss-reactive ketones (excluding diaryl/α,β-unsaturated/α-hetero) is 1. The second kappa shape index (κ2) is 8.87. The van der Waals surface area contributed by atoms with Crippen molar-refractivity contribution in [2.24, 2.45) is 0 Å². The van der Waals surface area contributed by atoms with Crippen LogP contribution in [0.3, 0.4) is 0 Å². The number of carbonyl (C=O) groups excluding carboxylic acids is 1. The van der Waals surface area contributed by atoms with E-state index in [9.17, 15) is 25.2 Å². The lowest BCUT2D eigenvalue weighted by atomic mass is 9.97. The number of phenolic OH excluding ortho intramolecular Hbond substituents is 1. The monoisotopic (exact) mass is 455 g/mol. The number of hydrogen-bond acceptors (Lipinski definition) is 8. The van der Waals surface area contributed by atoms with E-state index in [1.807, 2.05) is 6.07 Å². The highest BCUT2D eigenvalue weighted by molar-refractivity contribution is 7.99. The third-order valence-corrected chi connectivity index (χ3v) is 5.89. The first kappa shape index (κ1) is 21.6. The molecule has 0 radical (unpaired) electrons. The Balaban J connectivity index is 1.73. The maximum absolute atomic E-state index is 12.8. The Hall–Kier alpha value is -4.60. The molecule has 33 heavy (non-hydrogen) atoms. The summed E-state index contributed by atoms with van der Waals surface area (Å²) in [6, 6.07) is 18.4. The van der Waals surface area contributed by atoms with Crippen LogP contribution in [0.5, 0.6) is 5.75 Å². The lowest BCUT2D eigenvalue weighted by molar-refractivity contribution is -0.410. The summed E-state index contributed by atoms with van der Waals surface area (Å²) in [5.74, 6) is -0.702. The molecular weight excluding hydrogens is 440 g/mol. The van der Waals surface area contributed by atoms with Crippen molar-refractivity contribution in [1.82, 2.24) is 0 Å². The molecule has 0 unspecified atom stereocenters. The summed E-state index contributed by atoms with van der Waals surface area (Å²) in [6.45, 7) is 0. The standard InChI is InChI=1S/C24H14N4O4S/c25-10-17-21(14-5-3-6-15(29)8-14)18(11-26)23(28-22(17)27)33-12-19(30)16-9-13-4-1-2-7-20(13)32-24(16)31/h1-9,29H,12H2,(H2,27,28)/p+1. The van der Waals surface area contributed by atoms with E-state index in [4.69, 9.17) is 10.2 Å². The lowest BCUT2D eigenvalue weighted by Crippen LogP contribution is -2.20. The summed E-state index contributed by atoms with van der Waals surface area (Å²) in [7, 11) is 0. The number of anilines is 1. The van der Waals surface area contributed by atoms with E-state index in [1.165, 1.54) is 18.2 Å². The molecule has 2 heterocycles. The van der Waals surface area contributed by atoms with Crippen LogP contribution in [-0.4, -0.2) is 16.6 Å². The molecule has 9 heteroatoms. The molecule has 4 rings (SSSR count). The van der Waals surface area contributed by atoms with Crippen molar-refractivity contribution < 1.29 is 19.3 Å². The van der Waals surface area contributed by atoms with E-state index in [0.717, 1.165) is 11.8 Å². The molecule has 160 valence electrons. The lowest BCUT2D eigenvalue weighted by Gasteiger charge is -2.10. The number of phenols is 1. The number of rotatable bonds is 5. The van der Waals surface area contributed by atoms with Gasteiger partial charge in [-0.15, -0.1) is 0 Å². The van der Waals surface area contributed by atoms with Crippen LogP contribution in [0, 0.1) is 22.7 Å². The van der Waals surface area contributed by atoms with Crippen molar-refractivity contribution in [3.63, 3.8) is 0 Å². The van der Waals surface area contributed by atoms with Gasteiger partial charge in [-0.1, -0.05) is 42.1 Å². The number of para-hydroxylation sites is 1. The van der Waals surface area contributed by atoms with Gasteiger partial charge in [0.2, 0.25) is 0 Å². The topological polar surface area (TPSA) is 155 Å². The molecule has 0 fully saturated rings. The largest absolute Gasteiger partial charge is 0.508 e. The molecular formula is C24H15N4O4S+. The Morgan fingerprint density at radius 3 is 2.58 bits per heavy atom.